The maximum atomic E-state index is 12.7. The summed E-state index contributed by atoms with van der Waals surface area (Å²) < 4.78 is 48.1. The summed E-state index contributed by atoms with van der Waals surface area (Å²) in [4.78, 5) is 17.8. The van der Waals surface area contributed by atoms with Gasteiger partial charge in [0.2, 0.25) is 0 Å². The highest BCUT2D eigenvalue weighted by atomic mass is 19.4. The third kappa shape index (κ3) is 4.26. The Morgan fingerprint density at radius 2 is 1.96 bits per heavy atom. The zero-order valence-electron chi connectivity index (χ0n) is 13.7. The molecule has 0 fully saturated rings. The number of benzene rings is 1. The first-order valence-electron chi connectivity index (χ1n) is 7.71. The van der Waals surface area contributed by atoms with Crippen molar-refractivity contribution in [3.05, 3.63) is 52.6 Å². The maximum Gasteiger partial charge on any atom is 0.439 e. The first-order valence-corrected chi connectivity index (χ1v) is 7.71. The molecule has 0 atom stereocenters. The van der Waals surface area contributed by atoms with Crippen molar-refractivity contribution in [1.29, 1.82) is 0 Å². The molecular formula is C16H14F3N5O3. The number of aromatic amines is 1. The van der Waals surface area contributed by atoms with E-state index < -0.39 is 17.5 Å². The number of pyridine rings is 1. The van der Waals surface area contributed by atoms with Crippen LogP contribution in [0.4, 0.5) is 24.7 Å². The van der Waals surface area contributed by atoms with E-state index in [1.165, 1.54) is 24.4 Å². The van der Waals surface area contributed by atoms with E-state index in [4.69, 9.17) is 10.5 Å². The molecule has 3 aromatic rings. The number of aromatic nitrogens is 3. The van der Waals surface area contributed by atoms with Crippen molar-refractivity contribution >= 4 is 11.5 Å². The van der Waals surface area contributed by atoms with Crippen molar-refractivity contribution in [3.63, 3.8) is 0 Å². The Balaban J connectivity index is 1.98. The van der Waals surface area contributed by atoms with Crippen LogP contribution in [0.1, 0.15) is 5.56 Å². The summed E-state index contributed by atoms with van der Waals surface area (Å²) in [5, 5.41) is 6.50. The number of ether oxygens (including phenoxy) is 1. The summed E-state index contributed by atoms with van der Waals surface area (Å²) in [5.74, 6) is -0.211. The minimum Gasteiger partial charge on any atom is -0.491 e. The summed E-state index contributed by atoms with van der Waals surface area (Å²) >= 11 is 0. The van der Waals surface area contributed by atoms with Crippen LogP contribution >= 0.6 is 0 Å². The molecule has 27 heavy (non-hydrogen) atoms. The SMILES string of the molecule is NCCOc1ccnc(Nc2ccc(C(F)(F)F)cc2)c1-c1noc(=O)[nH]1. The fourth-order valence-corrected chi connectivity index (χ4v) is 2.27. The van der Waals surface area contributed by atoms with Crippen molar-refractivity contribution in [1.82, 2.24) is 15.1 Å². The zero-order chi connectivity index (χ0) is 19.4. The molecule has 0 saturated carbocycles. The Bertz CT molecular complexity index is 966. The molecule has 0 radical (unpaired) electrons. The number of alkyl halides is 3. The van der Waals surface area contributed by atoms with Crippen molar-refractivity contribution in [2.45, 2.75) is 6.18 Å². The number of nitrogens with one attached hydrogen (secondary N) is 2. The van der Waals surface area contributed by atoms with Crippen LogP contribution in [0.3, 0.4) is 0 Å². The van der Waals surface area contributed by atoms with Gasteiger partial charge in [-0.2, -0.15) is 13.2 Å². The topological polar surface area (TPSA) is 119 Å². The van der Waals surface area contributed by atoms with E-state index in [9.17, 15) is 18.0 Å². The monoisotopic (exact) mass is 381 g/mol. The number of rotatable bonds is 6. The van der Waals surface area contributed by atoms with Crippen LogP contribution in [0.5, 0.6) is 5.75 Å². The largest absolute Gasteiger partial charge is 0.491 e. The lowest BCUT2D eigenvalue weighted by Crippen LogP contribution is -2.12. The predicted molar refractivity (Wildman–Crippen MR) is 89.6 cm³/mol. The molecule has 0 spiro atoms. The molecule has 0 bridgehead atoms. The Kier molecular flexibility index (Phi) is 5.12. The molecule has 0 aliphatic heterocycles. The molecule has 4 N–H and O–H groups in total. The predicted octanol–water partition coefficient (Wildman–Crippen LogP) is 2.52. The van der Waals surface area contributed by atoms with Gasteiger partial charge in [0.05, 0.1) is 5.56 Å². The van der Waals surface area contributed by atoms with Crippen LogP contribution in [0.2, 0.25) is 0 Å². The molecular weight excluding hydrogens is 367 g/mol. The molecule has 1 aromatic carbocycles. The lowest BCUT2D eigenvalue weighted by Gasteiger charge is -2.14. The van der Waals surface area contributed by atoms with Gasteiger partial charge in [-0.25, -0.2) is 9.78 Å². The Morgan fingerprint density at radius 3 is 2.56 bits per heavy atom. The fourth-order valence-electron chi connectivity index (χ4n) is 2.27. The number of halogens is 3. The van der Waals surface area contributed by atoms with E-state index in [2.05, 4.69) is 25.0 Å². The highest BCUT2D eigenvalue weighted by Crippen LogP contribution is 2.35. The van der Waals surface area contributed by atoms with E-state index in [0.29, 0.717) is 11.4 Å². The fraction of sp³-hybridized carbons (Fsp3) is 0.188. The molecule has 2 aromatic heterocycles. The Morgan fingerprint density at radius 1 is 1.22 bits per heavy atom. The quantitative estimate of drug-likeness (QED) is 0.600. The molecule has 0 aliphatic carbocycles. The van der Waals surface area contributed by atoms with Gasteiger partial charge in [0.15, 0.2) is 5.82 Å². The second-order valence-corrected chi connectivity index (χ2v) is 5.31. The van der Waals surface area contributed by atoms with E-state index >= 15 is 0 Å². The molecule has 3 rings (SSSR count). The molecule has 0 unspecified atom stereocenters. The number of hydrogen-bond acceptors (Lipinski definition) is 7. The van der Waals surface area contributed by atoms with Crippen LogP contribution < -0.4 is 21.5 Å². The molecule has 142 valence electrons. The van der Waals surface area contributed by atoms with Crippen LogP contribution in [0.25, 0.3) is 11.4 Å². The number of nitrogens with zero attached hydrogens (tertiary/aromatic N) is 2. The van der Waals surface area contributed by atoms with Gasteiger partial charge in [-0.1, -0.05) is 5.16 Å². The third-order valence-corrected chi connectivity index (χ3v) is 3.44. The normalized spacial score (nSPS) is 11.4. The van der Waals surface area contributed by atoms with Gasteiger partial charge in [0.25, 0.3) is 0 Å². The molecule has 0 saturated heterocycles. The number of nitrogens with two attached hydrogens (primary N) is 1. The van der Waals surface area contributed by atoms with Gasteiger partial charge in [0.1, 0.15) is 23.7 Å². The molecule has 2 heterocycles. The second kappa shape index (κ2) is 7.50. The lowest BCUT2D eigenvalue weighted by atomic mass is 10.2. The summed E-state index contributed by atoms with van der Waals surface area (Å²) in [7, 11) is 0. The first kappa shape index (κ1) is 18.5. The average molecular weight is 381 g/mol. The van der Waals surface area contributed by atoms with Gasteiger partial charge in [-0.05, 0) is 30.3 Å². The summed E-state index contributed by atoms with van der Waals surface area (Å²) in [5.41, 5.74) is 5.28. The van der Waals surface area contributed by atoms with Crippen molar-refractivity contribution in [3.8, 4) is 17.1 Å². The summed E-state index contributed by atoms with van der Waals surface area (Å²) in [6.07, 6.45) is -3.00. The van der Waals surface area contributed by atoms with Gasteiger partial charge >= 0.3 is 11.9 Å². The van der Waals surface area contributed by atoms with Crippen LogP contribution in [-0.4, -0.2) is 28.3 Å². The van der Waals surface area contributed by atoms with Gasteiger partial charge in [-0.3, -0.25) is 9.51 Å². The molecule has 8 nitrogen and oxygen atoms in total. The minimum absolute atomic E-state index is 0.0505. The van der Waals surface area contributed by atoms with Gasteiger partial charge < -0.3 is 15.8 Å². The van der Waals surface area contributed by atoms with E-state index in [-0.39, 0.29) is 30.4 Å². The maximum absolute atomic E-state index is 12.7. The smallest absolute Gasteiger partial charge is 0.439 e. The van der Waals surface area contributed by atoms with E-state index in [1.807, 2.05) is 0 Å². The molecule has 11 heteroatoms. The third-order valence-electron chi connectivity index (χ3n) is 3.44. The van der Waals surface area contributed by atoms with Crippen molar-refractivity contribution in [2.75, 3.05) is 18.5 Å². The van der Waals surface area contributed by atoms with E-state index in [1.54, 1.807) is 0 Å². The lowest BCUT2D eigenvalue weighted by molar-refractivity contribution is -0.137. The van der Waals surface area contributed by atoms with E-state index in [0.717, 1.165) is 12.1 Å². The number of hydrogen-bond donors (Lipinski definition) is 3. The number of anilines is 2. The Hall–Kier alpha value is -3.34. The Labute approximate surface area is 150 Å². The highest BCUT2D eigenvalue weighted by Gasteiger charge is 2.30. The zero-order valence-corrected chi connectivity index (χ0v) is 13.7. The molecule has 0 aliphatic rings. The average Bonchev–Trinajstić information content (AvgIpc) is 3.05. The minimum atomic E-state index is -4.43. The standard InChI is InChI=1S/C16H14F3N5O3/c17-16(18,19)9-1-3-10(4-2-9)22-13-12(14-23-15(25)27-24-14)11(5-7-21-13)26-8-6-20/h1-5,7H,6,8,20H2,(H,21,22)(H,23,24,25). The van der Waals surface area contributed by atoms with Crippen LogP contribution in [-0.2, 0) is 6.18 Å². The van der Waals surface area contributed by atoms with Gasteiger partial charge in [-0.15, -0.1) is 0 Å². The molecule has 0 amide bonds. The van der Waals surface area contributed by atoms with Crippen molar-refractivity contribution in [2.24, 2.45) is 5.73 Å². The summed E-state index contributed by atoms with van der Waals surface area (Å²) in [6, 6.07) is 5.93. The summed E-state index contributed by atoms with van der Waals surface area (Å²) in [6.45, 7) is 0.442. The highest BCUT2D eigenvalue weighted by molar-refractivity contribution is 5.79. The van der Waals surface area contributed by atoms with Gasteiger partial charge in [0, 0.05) is 18.4 Å². The van der Waals surface area contributed by atoms with Crippen molar-refractivity contribution < 1.29 is 22.4 Å². The van der Waals surface area contributed by atoms with Crippen LogP contribution in [0, 0.1) is 0 Å². The number of H-pyrrole nitrogens is 1. The second-order valence-electron chi connectivity index (χ2n) is 5.31. The first-order chi connectivity index (χ1) is 12.9. The van der Waals surface area contributed by atoms with Crippen LogP contribution in [0.15, 0.2) is 45.8 Å².